The molecule has 9 nitrogen and oxygen atoms in total. The molecular weight excluding hydrogens is 442 g/mol. The molecular formula is C20H25N3O6S2. The summed E-state index contributed by atoms with van der Waals surface area (Å²) in [7, 11) is -7.18. The van der Waals surface area contributed by atoms with Crippen molar-refractivity contribution in [2.45, 2.75) is 30.4 Å². The van der Waals surface area contributed by atoms with Gasteiger partial charge in [-0.05, 0) is 37.5 Å². The highest BCUT2D eigenvalue weighted by Crippen LogP contribution is 2.27. The maximum atomic E-state index is 12.7. The van der Waals surface area contributed by atoms with Gasteiger partial charge in [0.05, 0.1) is 5.75 Å². The fourth-order valence-corrected chi connectivity index (χ4v) is 6.02. The van der Waals surface area contributed by atoms with Gasteiger partial charge in [0.1, 0.15) is 10.7 Å². The number of carbonyl (C=O) groups excluding carboxylic acids is 1. The molecule has 1 saturated heterocycles. The molecule has 1 aromatic carbocycles. The lowest BCUT2D eigenvalue weighted by molar-refractivity contribution is 0.0995. The summed E-state index contributed by atoms with van der Waals surface area (Å²) in [4.78, 5) is 12.5. The first-order valence-corrected chi connectivity index (χ1v) is 12.8. The van der Waals surface area contributed by atoms with Crippen molar-refractivity contribution in [1.29, 1.82) is 0 Å². The first-order chi connectivity index (χ1) is 14.6. The monoisotopic (exact) mass is 467 g/mol. The summed E-state index contributed by atoms with van der Waals surface area (Å²) in [6.45, 7) is 6.04. The number of nitrogens with zero attached hydrogens (tertiary/aromatic N) is 1. The Hall–Kier alpha value is -2.47. The van der Waals surface area contributed by atoms with Crippen molar-refractivity contribution in [2.75, 3.05) is 25.0 Å². The van der Waals surface area contributed by atoms with E-state index >= 15 is 0 Å². The van der Waals surface area contributed by atoms with E-state index in [1.54, 1.807) is 24.3 Å². The standard InChI is InChI=1S/C20H25N3O6S2/c1-3-10-21-30(25,26)14-16-6-8-17(9-7-16)22-20(24)18-13-19(15(2)29-18)31(27,28)23-11-4-5-12-23/h3,6-9,13,21H,1,4-5,10-12,14H2,2H3,(H,22,24). The van der Waals surface area contributed by atoms with E-state index in [1.807, 2.05) is 0 Å². The van der Waals surface area contributed by atoms with E-state index in [1.165, 1.54) is 23.4 Å². The van der Waals surface area contributed by atoms with Gasteiger partial charge in [-0.25, -0.2) is 21.6 Å². The molecule has 0 spiro atoms. The van der Waals surface area contributed by atoms with E-state index in [4.69, 9.17) is 4.42 Å². The molecule has 0 atom stereocenters. The van der Waals surface area contributed by atoms with Gasteiger partial charge in [-0.3, -0.25) is 4.79 Å². The largest absolute Gasteiger partial charge is 0.455 e. The molecule has 1 amide bonds. The first kappa shape index (κ1) is 23.2. The molecule has 2 heterocycles. The second-order valence-electron chi connectivity index (χ2n) is 7.19. The van der Waals surface area contributed by atoms with Crippen molar-refractivity contribution < 1.29 is 26.0 Å². The summed E-state index contributed by atoms with van der Waals surface area (Å²) in [5, 5.41) is 2.62. The fraction of sp³-hybridized carbons (Fsp3) is 0.350. The molecule has 2 N–H and O–H groups in total. The topological polar surface area (TPSA) is 126 Å². The summed E-state index contributed by atoms with van der Waals surface area (Å²) in [5.41, 5.74) is 0.964. The van der Waals surface area contributed by atoms with Gasteiger partial charge >= 0.3 is 0 Å². The number of hydrogen-bond donors (Lipinski definition) is 2. The summed E-state index contributed by atoms with van der Waals surface area (Å²) >= 11 is 0. The summed E-state index contributed by atoms with van der Waals surface area (Å²) in [6, 6.07) is 7.53. The average molecular weight is 468 g/mol. The minimum absolute atomic E-state index is 0.00729. The van der Waals surface area contributed by atoms with Crippen LogP contribution in [0.5, 0.6) is 0 Å². The Kier molecular flexibility index (Phi) is 6.99. The molecule has 168 valence electrons. The molecule has 1 aliphatic rings. The van der Waals surface area contributed by atoms with E-state index < -0.39 is 26.0 Å². The van der Waals surface area contributed by atoms with Gasteiger partial charge in [0.15, 0.2) is 5.76 Å². The smallest absolute Gasteiger partial charge is 0.291 e. The Balaban J connectivity index is 1.69. The number of furan rings is 1. The third-order valence-corrected chi connectivity index (χ3v) is 8.12. The number of hydrogen-bond acceptors (Lipinski definition) is 6. The molecule has 0 aliphatic carbocycles. The number of aryl methyl sites for hydroxylation is 1. The van der Waals surface area contributed by atoms with Crippen LogP contribution in [0.2, 0.25) is 0 Å². The molecule has 2 aromatic rings. The maximum Gasteiger partial charge on any atom is 0.291 e. The van der Waals surface area contributed by atoms with Crippen LogP contribution in [0.4, 0.5) is 5.69 Å². The summed E-state index contributed by atoms with van der Waals surface area (Å²) in [6.07, 6.45) is 3.07. The van der Waals surface area contributed by atoms with Crippen molar-refractivity contribution in [2.24, 2.45) is 0 Å². The predicted octanol–water partition coefficient (Wildman–Crippen LogP) is 2.23. The highest BCUT2D eigenvalue weighted by Gasteiger charge is 2.31. The van der Waals surface area contributed by atoms with Crippen molar-refractivity contribution in [1.82, 2.24) is 9.03 Å². The minimum Gasteiger partial charge on any atom is -0.455 e. The molecule has 31 heavy (non-hydrogen) atoms. The zero-order valence-corrected chi connectivity index (χ0v) is 18.8. The highest BCUT2D eigenvalue weighted by atomic mass is 32.2. The molecule has 1 fully saturated rings. The lowest BCUT2D eigenvalue weighted by Crippen LogP contribution is -2.28. The van der Waals surface area contributed by atoms with Crippen LogP contribution < -0.4 is 10.0 Å². The second kappa shape index (κ2) is 9.35. The number of nitrogens with one attached hydrogen (secondary N) is 2. The van der Waals surface area contributed by atoms with E-state index in [0.29, 0.717) is 24.3 Å². The van der Waals surface area contributed by atoms with Crippen LogP contribution in [-0.4, -0.2) is 46.7 Å². The van der Waals surface area contributed by atoms with Crippen molar-refractivity contribution in [3.8, 4) is 0 Å². The molecule has 1 aliphatic heterocycles. The number of anilines is 1. The number of benzene rings is 1. The van der Waals surface area contributed by atoms with Gasteiger partial charge < -0.3 is 9.73 Å². The maximum absolute atomic E-state index is 12.7. The zero-order valence-electron chi connectivity index (χ0n) is 17.1. The minimum atomic E-state index is -3.69. The van der Waals surface area contributed by atoms with Crippen molar-refractivity contribution in [3.63, 3.8) is 0 Å². The van der Waals surface area contributed by atoms with Crippen LogP contribution in [0, 0.1) is 6.92 Å². The number of sulfonamides is 2. The van der Waals surface area contributed by atoms with Gasteiger partial charge in [0.25, 0.3) is 5.91 Å². The molecule has 0 saturated carbocycles. The Morgan fingerprint density at radius 2 is 1.81 bits per heavy atom. The van der Waals surface area contributed by atoms with Gasteiger partial charge in [-0.15, -0.1) is 6.58 Å². The molecule has 0 radical (unpaired) electrons. The Bertz CT molecular complexity index is 1160. The van der Waals surface area contributed by atoms with Gasteiger partial charge in [-0.1, -0.05) is 18.2 Å². The number of carbonyl (C=O) groups is 1. The first-order valence-electron chi connectivity index (χ1n) is 9.71. The molecule has 11 heteroatoms. The van der Waals surface area contributed by atoms with E-state index in [9.17, 15) is 21.6 Å². The summed E-state index contributed by atoms with van der Waals surface area (Å²) < 4.78 is 58.5. The third kappa shape index (κ3) is 5.62. The third-order valence-electron chi connectivity index (χ3n) is 4.79. The molecule has 3 rings (SSSR count). The summed E-state index contributed by atoms with van der Waals surface area (Å²) in [5.74, 6) is -0.761. The SMILES string of the molecule is C=CCNS(=O)(=O)Cc1ccc(NC(=O)c2cc(S(=O)(=O)N3CCCC3)c(C)o2)cc1. The lowest BCUT2D eigenvalue weighted by Gasteiger charge is -2.14. The normalized spacial score (nSPS) is 15.1. The number of amides is 1. The second-order valence-corrected chi connectivity index (χ2v) is 10.9. The van der Waals surface area contributed by atoms with Gasteiger partial charge in [0.2, 0.25) is 20.0 Å². The molecule has 1 aromatic heterocycles. The van der Waals surface area contributed by atoms with Crippen molar-refractivity contribution >= 4 is 31.6 Å². The zero-order chi connectivity index (χ0) is 22.6. The van der Waals surface area contributed by atoms with Crippen LogP contribution in [0.1, 0.15) is 34.7 Å². The molecule has 0 unspecified atom stereocenters. The van der Waals surface area contributed by atoms with Crippen molar-refractivity contribution in [3.05, 3.63) is 60.1 Å². The van der Waals surface area contributed by atoms with Crippen LogP contribution in [0.25, 0.3) is 0 Å². The number of rotatable bonds is 9. The van der Waals surface area contributed by atoms with E-state index in [0.717, 1.165) is 12.8 Å². The quantitative estimate of drug-likeness (QED) is 0.545. The van der Waals surface area contributed by atoms with Gasteiger partial charge in [-0.2, -0.15) is 4.31 Å². The molecule has 0 bridgehead atoms. The van der Waals surface area contributed by atoms with E-state index in [-0.39, 0.29) is 28.7 Å². The van der Waals surface area contributed by atoms with E-state index in [2.05, 4.69) is 16.6 Å². The highest BCUT2D eigenvalue weighted by molar-refractivity contribution is 7.89. The fourth-order valence-electron chi connectivity index (χ4n) is 3.23. The Labute approximate surface area is 182 Å². The van der Waals surface area contributed by atoms with Crippen LogP contribution >= 0.6 is 0 Å². The lowest BCUT2D eigenvalue weighted by atomic mass is 10.2. The van der Waals surface area contributed by atoms with Crippen LogP contribution in [0.3, 0.4) is 0 Å². The Morgan fingerprint density at radius 1 is 1.16 bits per heavy atom. The van der Waals surface area contributed by atoms with Crippen LogP contribution in [0.15, 0.2) is 52.3 Å². The van der Waals surface area contributed by atoms with Gasteiger partial charge in [0, 0.05) is 31.4 Å². The average Bonchev–Trinajstić information content (AvgIpc) is 3.38. The Morgan fingerprint density at radius 3 is 2.42 bits per heavy atom. The van der Waals surface area contributed by atoms with Crippen LogP contribution in [-0.2, 0) is 25.8 Å². The predicted molar refractivity (Wildman–Crippen MR) is 117 cm³/mol.